The fourth-order valence-electron chi connectivity index (χ4n) is 4.07. The molecule has 126 valence electrons. The number of carbonyl (C=O) groups is 1. The van der Waals surface area contributed by atoms with Crippen molar-refractivity contribution >= 4 is 5.91 Å². The number of imidazole rings is 1. The molecule has 1 amide bonds. The lowest BCUT2D eigenvalue weighted by molar-refractivity contribution is 0.0704. The predicted molar refractivity (Wildman–Crippen MR) is 94.3 cm³/mol. The predicted octanol–water partition coefficient (Wildman–Crippen LogP) is 3.62. The van der Waals surface area contributed by atoms with Crippen molar-refractivity contribution in [2.75, 3.05) is 13.1 Å². The van der Waals surface area contributed by atoms with E-state index in [1.54, 1.807) is 0 Å². The Kier molecular flexibility index (Phi) is 4.13. The van der Waals surface area contributed by atoms with Crippen LogP contribution < -0.4 is 0 Å². The molecule has 1 fully saturated rings. The molecule has 1 aliphatic carbocycles. The monoisotopic (exact) mass is 323 g/mol. The first-order valence-electron chi connectivity index (χ1n) is 9.13. The second-order valence-corrected chi connectivity index (χ2v) is 7.23. The maximum absolute atomic E-state index is 13.0. The van der Waals surface area contributed by atoms with Gasteiger partial charge < -0.3 is 9.88 Å². The molecule has 1 aromatic heterocycles. The number of benzene rings is 1. The number of aromatic amines is 1. The minimum atomic E-state index is 0.177. The summed E-state index contributed by atoms with van der Waals surface area (Å²) in [4.78, 5) is 22.8. The third-order valence-corrected chi connectivity index (χ3v) is 5.41. The number of nitrogens with zero attached hydrogens (tertiary/aromatic N) is 2. The molecule has 2 aromatic rings. The Morgan fingerprint density at radius 1 is 1.21 bits per heavy atom. The van der Waals surface area contributed by atoms with E-state index in [1.807, 2.05) is 24.1 Å². The van der Waals surface area contributed by atoms with E-state index in [-0.39, 0.29) is 5.91 Å². The van der Waals surface area contributed by atoms with E-state index in [0.29, 0.717) is 5.92 Å². The Balaban J connectivity index is 1.51. The van der Waals surface area contributed by atoms with Crippen LogP contribution in [0.4, 0.5) is 0 Å². The van der Waals surface area contributed by atoms with E-state index >= 15 is 0 Å². The molecular formula is C20H25N3O. The normalized spacial score (nSPS) is 20.7. The SMILES string of the molecule is Cc1cnc([C@@H]2CCCN(C(=O)c3ccc4c(c3)CCCC4)C2)[nH]1. The number of fused-ring (bicyclic) bond motifs is 1. The van der Waals surface area contributed by atoms with Gasteiger partial charge in [-0.1, -0.05) is 6.07 Å². The highest BCUT2D eigenvalue weighted by Gasteiger charge is 2.27. The minimum absolute atomic E-state index is 0.177. The number of hydrogen-bond acceptors (Lipinski definition) is 2. The van der Waals surface area contributed by atoms with Crippen LogP contribution in [0.1, 0.15) is 64.6 Å². The Bertz CT molecular complexity index is 749. The molecule has 1 saturated heterocycles. The number of nitrogens with one attached hydrogen (secondary N) is 1. The Morgan fingerprint density at radius 2 is 2.04 bits per heavy atom. The van der Waals surface area contributed by atoms with Crippen molar-refractivity contribution < 1.29 is 4.79 Å². The summed E-state index contributed by atoms with van der Waals surface area (Å²) in [5.74, 6) is 1.53. The molecule has 0 radical (unpaired) electrons. The third kappa shape index (κ3) is 2.97. The van der Waals surface area contributed by atoms with E-state index in [2.05, 4.69) is 22.1 Å². The molecule has 1 N–H and O–H groups in total. The number of aromatic nitrogens is 2. The van der Waals surface area contributed by atoms with Crippen LogP contribution in [0.5, 0.6) is 0 Å². The van der Waals surface area contributed by atoms with Crippen molar-refractivity contribution in [2.24, 2.45) is 0 Å². The summed E-state index contributed by atoms with van der Waals surface area (Å²) < 4.78 is 0. The minimum Gasteiger partial charge on any atom is -0.346 e. The maximum atomic E-state index is 13.0. The summed E-state index contributed by atoms with van der Waals surface area (Å²) in [6, 6.07) is 6.32. The molecule has 4 heteroatoms. The lowest BCUT2D eigenvalue weighted by atomic mass is 9.90. The zero-order valence-corrected chi connectivity index (χ0v) is 14.3. The molecule has 0 bridgehead atoms. The summed E-state index contributed by atoms with van der Waals surface area (Å²) in [6.45, 7) is 3.64. The average Bonchev–Trinajstić information content (AvgIpc) is 3.07. The Hall–Kier alpha value is -2.10. The fraction of sp³-hybridized carbons (Fsp3) is 0.500. The van der Waals surface area contributed by atoms with E-state index in [1.165, 1.54) is 24.0 Å². The third-order valence-electron chi connectivity index (χ3n) is 5.41. The van der Waals surface area contributed by atoms with Crippen molar-refractivity contribution in [3.63, 3.8) is 0 Å². The molecule has 4 nitrogen and oxygen atoms in total. The highest BCUT2D eigenvalue weighted by Crippen LogP contribution is 2.27. The second kappa shape index (κ2) is 6.42. The van der Waals surface area contributed by atoms with Gasteiger partial charge in [0.05, 0.1) is 0 Å². The van der Waals surface area contributed by atoms with Gasteiger partial charge in [-0.05, 0) is 68.7 Å². The molecule has 1 aliphatic heterocycles. The number of hydrogen-bond donors (Lipinski definition) is 1. The smallest absolute Gasteiger partial charge is 0.253 e. The van der Waals surface area contributed by atoms with Gasteiger partial charge in [0.25, 0.3) is 5.91 Å². The van der Waals surface area contributed by atoms with Gasteiger partial charge in [0.15, 0.2) is 0 Å². The first kappa shape index (κ1) is 15.4. The summed E-state index contributed by atoms with van der Waals surface area (Å²) in [5, 5.41) is 0. The molecule has 1 aromatic carbocycles. The Morgan fingerprint density at radius 3 is 2.83 bits per heavy atom. The quantitative estimate of drug-likeness (QED) is 0.917. The maximum Gasteiger partial charge on any atom is 0.253 e. The first-order chi connectivity index (χ1) is 11.7. The number of likely N-dealkylation sites (tertiary alicyclic amines) is 1. The van der Waals surface area contributed by atoms with E-state index in [9.17, 15) is 4.79 Å². The molecule has 2 aliphatic rings. The van der Waals surface area contributed by atoms with Crippen LogP contribution in [0, 0.1) is 6.92 Å². The largest absolute Gasteiger partial charge is 0.346 e. The van der Waals surface area contributed by atoms with E-state index < -0.39 is 0 Å². The molecular weight excluding hydrogens is 298 g/mol. The standard InChI is InChI=1S/C20H25N3O/c1-14-12-21-19(22-14)18-7-4-10-23(13-18)20(24)17-9-8-15-5-2-3-6-16(15)11-17/h8-9,11-12,18H,2-7,10,13H2,1H3,(H,21,22)/t18-/m1/s1. The van der Waals surface area contributed by atoms with Gasteiger partial charge in [-0.2, -0.15) is 0 Å². The van der Waals surface area contributed by atoms with Crippen LogP contribution in [0.25, 0.3) is 0 Å². The summed E-state index contributed by atoms with van der Waals surface area (Å²) in [6.07, 6.45) is 8.81. The van der Waals surface area contributed by atoms with E-state index in [4.69, 9.17) is 0 Å². The molecule has 1 atom stereocenters. The molecule has 24 heavy (non-hydrogen) atoms. The second-order valence-electron chi connectivity index (χ2n) is 7.23. The van der Waals surface area contributed by atoms with Crippen molar-refractivity contribution in [3.8, 4) is 0 Å². The van der Waals surface area contributed by atoms with Gasteiger partial charge in [-0.25, -0.2) is 4.98 Å². The number of rotatable bonds is 2. The highest BCUT2D eigenvalue weighted by atomic mass is 16.2. The summed E-state index contributed by atoms with van der Waals surface area (Å²) in [7, 11) is 0. The Labute approximate surface area is 143 Å². The average molecular weight is 323 g/mol. The fourth-order valence-corrected chi connectivity index (χ4v) is 4.07. The number of piperidine rings is 1. The highest BCUT2D eigenvalue weighted by molar-refractivity contribution is 5.94. The van der Waals surface area contributed by atoms with Crippen molar-refractivity contribution in [3.05, 3.63) is 52.6 Å². The van der Waals surface area contributed by atoms with Crippen molar-refractivity contribution in [1.29, 1.82) is 0 Å². The van der Waals surface area contributed by atoms with Gasteiger partial charge in [-0.15, -0.1) is 0 Å². The van der Waals surface area contributed by atoms with Gasteiger partial charge in [0, 0.05) is 36.5 Å². The van der Waals surface area contributed by atoms with Gasteiger partial charge in [-0.3, -0.25) is 4.79 Å². The number of H-pyrrole nitrogens is 1. The van der Waals surface area contributed by atoms with Gasteiger partial charge >= 0.3 is 0 Å². The first-order valence-corrected chi connectivity index (χ1v) is 9.13. The van der Waals surface area contributed by atoms with Gasteiger partial charge in [0.2, 0.25) is 0 Å². The number of amides is 1. The van der Waals surface area contributed by atoms with Crippen LogP contribution >= 0.6 is 0 Å². The summed E-state index contributed by atoms with van der Waals surface area (Å²) in [5.41, 5.74) is 4.75. The van der Waals surface area contributed by atoms with Crippen molar-refractivity contribution in [1.82, 2.24) is 14.9 Å². The number of aryl methyl sites for hydroxylation is 3. The zero-order chi connectivity index (χ0) is 16.5. The van der Waals surface area contributed by atoms with Crippen LogP contribution in [-0.4, -0.2) is 33.9 Å². The molecule has 0 saturated carbocycles. The van der Waals surface area contributed by atoms with Crippen molar-refractivity contribution in [2.45, 2.75) is 51.4 Å². The molecule has 2 heterocycles. The molecule has 0 spiro atoms. The molecule has 4 rings (SSSR count). The van der Waals surface area contributed by atoms with E-state index in [0.717, 1.165) is 55.9 Å². The van der Waals surface area contributed by atoms with Crippen LogP contribution in [0.2, 0.25) is 0 Å². The van der Waals surface area contributed by atoms with Crippen LogP contribution in [-0.2, 0) is 12.8 Å². The zero-order valence-electron chi connectivity index (χ0n) is 14.3. The lowest BCUT2D eigenvalue weighted by Crippen LogP contribution is -2.39. The molecule has 0 unspecified atom stereocenters. The summed E-state index contributed by atoms with van der Waals surface area (Å²) >= 11 is 0. The lowest BCUT2D eigenvalue weighted by Gasteiger charge is -2.32. The number of carbonyl (C=O) groups excluding carboxylic acids is 1. The topological polar surface area (TPSA) is 49.0 Å². The van der Waals surface area contributed by atoms with Crippen LogP contribution in [0.15, 0.2) is 24.4 Å². The van der Waals surface area contributed by atoms with Gasteiger partial charge in [0.1, 0.15) is 5.82 Å². The van der Waals surface area contributed by atoms with Crippen LogP contribution in [0.3, 0.4) is 0 Å².